The highest BCUT2D eigenvalue weighted by atomic mass is 16.5. The molecule has 3 aromatic carbocycles. The van der Waals surface area contributed by atoms with Crippen molar-refractivity contribution in [3.63, 3.8) is 0 Å². The van der Waals surface area contributed by atoms with E-state index in [1.165, 1.54) is 12.8 Å². The number of fused-ring (bicyclic) bond motifs is 1. The van der Waals surface area contributed by atoms with Crippen molar-refractivity contribution in [2.75, 3.05) is 14.2 Å². The van der Waals surface area contributed by atoms with Gasteiger partial charge in [0.1, 0.15) is 17.3 Å². The molecule has 0 saturated heterocycles. The molecule has 5 rings (SSSR count). The lowest BCUT2D eigenvalue weighted by Gasteiger charge is -2.24. The van der Waals surface area contributed by atoms with E-state index < -0.39 is 0 Å². The number of amides is 1. The molecule has 34 heavy (non-hydrogen) atoms. The van der Waals surface area contributed by atoms with Gasteiger partial charge in [0.25, 0.3) is 5.91 Å². The van der Waals surface area contributed by atoms with Crippen molar-refractivity contribution >= 4 is 16.9 Å². The summed E-state index contributed by atoms with van der Waals surface area (Å²) in [6.45, 7) is 1.80. The molecule has 0 atom stereocenters. The third kappa shape index (κ3) is 4.62. The zero-order valence-electron chi connectivity index (χ0n) is 19.6. The second-order valence-corrected chi connectivity index (χ2v) is 8.78. The third-order valence-corrected chi connectivity index (χ3v) is 6.34. The first-order valence-electron chi connectivity index (χ1n) is 11.7. The summed E-state index contributed by atoms with van der Waals surface area (Å²) in [5.41, 5.74) is 3.62. The fraction of sp³-hybridized carbons (Fsp3) is 0.286. The molecule has 174 valence electrons. The smallest absolute Gasteiger partial charge is 0.258 e. The maximum atomic E-state index is 13.9. The Morgan fingerprint density at radius 3 is 2.47 bits per heavy atom. The first-order chi connectivity index (χ1) is 16.7. The Balaban J connectivity index is 1.54. The lowest BCUT2D eigenvalue weighted by Crippen LogP contribution is -2.31. The van der Waals surface area contributed by atoms with Gasteiger partial charge in [-0.15, -0.1) is 0 Å². The van der Waals surface area contributed by atoms with Crippen molar-refractivity contribution in [2.24, 2.45) is 5.92 Å². The maximum Gasteiger partial charge on any atom is 0.258 e. The number of aromatic nitrogens is 2. The van der Waals surface area contributed by atoms with Crippen LogP contribution in [-0.4, -0.2) is 34.6 Å². The van der Waals surface area contributed by atoms with Gasteiger partial charge in [-0.3, -0.25) is 4.79 Å². The maximum absolute atomic E-state index is 13.9. The van der Waals surface area contributed by atoms with E-state index in [-0.39, 0.29) is 5.91 Å². The number of imidazole rings is 1. The zero-order chi connectivity index (χ0) is 23.5. The quantitative estimate of drug-likeness (QED) is 0.343. The second kappa shape index (κ2) is 9.59. The summed E-state index contributed by atoms with van der Waals surface area (Å²) in [4.78, 5) is 20.7. The number of nitrogens with zero attached hydrogens (tertiary/aromatic N) is 3. The Kier molecular flexibility index (Phi) is 6.21. The highest BCUT2D eigenvalue weighted by molar-refractivity contribution is 5.97. The van der Waals surface area contributed by atoms with Crippen LogP contribution in [0.2, 0.25) is 0 Å². The molecule has 1 heterocycles. The molecule has 6 nitrogen and oxygen atoms in total. The van der Waals surface area contributed by atoms with E-state index in [2.05, 4.69) is 10.6 Å². The van der Waals surface area contributed by atoms with Crippen LogP contribution >= 0.6 is 0 Å². The number of methoxy groups -OCH3 is 2. The van der Waals surface area contributed by atoms with Gasteiger partial charge in [0.15, 0.2) is 0 Å². The van der Waals surface area contributed by atoms with E-state index >= 15 is 0 Å². The monoisotopic (exact) mass is 455 g/mol. The van der Waals surface area contributed by atoms with Crippen molar-refractivity contribution in [2.45, 2.75) is 32.5 Å². The van der Waals surface area contributed by atoms with E-state index in [0.717, 1.165) is 29.0 Å². The van der Waals surface area contributed by atoms with Crippen LogP contribution in [0.15, 0.2) is 72.8 Å². The molecule has 1 aliphatic carbocycles. The molecule has 6 heteroatoms. The van der Waals surface area contributed by atoms with Crippen molar-refractivity contribution in [3.8, 4) is 11.5 Å². The zero-order valence-corrected chi connectivity index (χ0v) is 19.6. The van der Waals surface area contributed by atoms with Gasteiger partial charge in [-0.1, -0.05) is 42.5 Å². The lowest BCUT2D eigenvalue weighted by molar-refractivity contribution is 0.0720. The summed E-state index contributed by atoms with van der Waals surface area (Å²) in [5, 5.41) is 0. The topological polar surface area (TPSA) is 56.6 Å². The van der Waals surface area contributed by atoms with Gasteiger partial charge in [-0.05, 0) is 54.7 Å². The first-order valence-corrected chi connectivity index (χ1v) is 11.7. The molecule has 1 saturated carbocycles. The Bertz CT molecular complexity index is 1300. The molecule has 1 fully saturated rings. The van der Waals surface area contributed by atoms with Crippen LogP contribution in [0.4, 0.5) is 0 Å². The van der Waals surface area contributed by atoms with Crippen LogP contribution in [0.5, 0.6) is 11.5 Å². The molecule has 4 aromatic rings. The third-order valence-electron chi connectivity index (χ3n) is 6.34. The van der Waals surface area contributed by atoms with E-state index in [9.17, 15) is 4.79 Å². The van der Waals surface area contributed by atoms with Crippen LogP contribution in [0.1, 0.15) is 34.6 Å². The number of rotatable bonds is 9. The van der Waals surface area contributed by atoms with Crippen molar-refractivity contribution in [1.29, 1.82) is 0 Å². The predicted molar refractivity (Wildman–Crippen MR) is 132 cm³/mol. The van der Waals surface area contributed by atoms with E-state index in [1.54, 1.807) is 32.4 Å². The number of ether oxygens (including phenoxy) is 2. The van der Waals surface area contributed by atoms with Gasteiger partial charge >= 0.3 is 0 Å². The molecule has 1 amide bonds. The molecular formula is C28H29N3O3. The minimum atomic E-state index is -0.121. The number of benzene rings is 3. The minimum Gasteiger partial charge on any atom is -0.497 e. The standard InChI is InChI=1S/C28H29N3O3/c1-33-22-14-15-26(34-2)23(16-22)28(32)30(17-20-8-4-3-5-9-20)19-27-29-24-10-6-7-11-25(24)31(27)18-21-12-13-21/h3-11,14-16,21H,12-13,17-19H2,1-2H3. The molecular weight excluding hydrogens is 426 g/mol. The molecule has 0 bridgehead atoms. The van der Waals surface area contributed by atoms with E-state index in [4.69, 9.17) is 14.5 Å². The highest BCUT2D eigenvalue weighted by Gasteiger charge is 2.27. The Morgan fingerprint density at radius 1 is 0.971 bits per heavy atom. The van der Waals surface area contributed by atoms with Crippen LogP contribution in [0, 0.1) is 5.92 Å². The largest absolute Gasteiger partial charge is 0.497 e. The average Bonchev–Trinajstić information content (AvgIpc) is 3.64. The summed E-state index contributed by atoms with van der Waals surface area (Å²) >= 11 is 0. The molecule has 0 unspecified atom stereocenters. The summed E-state index contributed by atoms with van der Waals surface area (Å²) < 4.78 is 13.2. The SMILES string of the molecule is COc1ccc(OC)c(C(=O)N(Cc2ccccc2)Cc2nc3ccccc3n2CC2CC2)c1. The molecule has 1 aliphatic rings. The van der Waals surface area contributed by atoms with Gasteiger partial charge in [0.2, 0.25) is 0 Å². The van der Waals surface area contributed by atoms with Gasteiger partial charge in [0, 0.05) is 13.1 Å². The molecule has 1 aromatic heterocycles. The number of para-hydroxylation sites is 2. The van der Waals surface area contributed by atoms with Crippen LogP contribution < -0.4 is 9.47 Å². The molecule has 0 radical (unpaired) electrons. The lowest BCUT2D eigenvalue weighted by atomic mass is 10.1. The van der Waals surface area contributed by atoms with Crippen molar-refractivity contribution < 1.29 is 14.3 Å². The Morgan fingerprint density at radius 2 is 1.74 bits per heavy atom. The number of hydrogen-bond donors (Lipinski definition) is 0. The van der Waals surface area contributed by atoms with Crippen molar-refractivity contribution in [3.05, 3.63) is 89.7 Å². The summed E-state index contributed by atoms with van der Waals surface area (Å²) in [5.74, 6) is 2.61. The van der Waals surface area contributed by atoms with E-state index in [1.807, 2.05) is 53.4 Å². The summed E-state index contributed by atoms with van der Waals surface area (Å²) in [6, 6.07) is 23.6. The van der Waals surface area contributed by atoms with Gasteiger partial charge in [-0.2, -0.15) is 0 Å². The highest BCUT2D eigenvalue weighted by Crippen LogP contribution is 2.33. The first kappa shape index (κ1) is 22.0. The predicted octanol–water partition coefficient (Wildman–Crippen LogP) is 5.31. The molecule has 0 spiro atoms. The van der Waals surface area contributed by atoms with E-state index in [0.29, 0.717) is 36.1 Å². The van der Waals surface area contributed by atoms with Gasteiger partial charge < -0.3 is 18.9 Å². The second-order valence-electron chi connectivity index (χ2n) is 8.78. The summed E-state index contributed by atoms with van der Waals surface area (Å²) in [7, 11) is 3.17. The molecule has 0 aliphatic heterocycles. The van der Waals surface area contributed by atoms with Crippen LogP contribution in [-0.2, 0) is 19.6 Å². The normalized spacial score (nSPS) is 13.1. The number of carbonyl (C=O) groups excluding carboxylic acids is 1. The Hall–Kier alpha value is -3.80. The van der Waals surface area contributed by atoms with Gasteiger partial charge in [-0.25, -0.2) is 4.98 Å². The molecule has 0 N–H and O–H groups in total. The Labute approximate surface area is 199 Å². The van der Waals surface area contributed by atoms with Crippen molar-refractivity contribution in [1.82, 2.24) is 14.5 Å². The van der Waals surface area contributed by atoms with Crippen LogP contribution in [0.25, 0.3) is 11.0 Å². The minimum absolute atomic E-state index is 0.121. The summed E-state index contributed by atoms with van der Waals surface area (Å²) in [6.07, 6.45) is 2.50. The van der Waals surface area contributed by atoms with Gasteiger partial charge in [0.05, 0.1) is 37.4 Å². The average molecular weight is 456 g/mol. The fourth-order valence-corrected chi connectivity index (χ4v) is 4.33. The number of carbonyl (C=O) groups is 1. The van der Waals surface area contributed by atoms with Crippen LogP contribution in [0.3, 0.4) is 0 Å². The number of hydrogen-bond acceptors (Lipinski definition) is 4. The fourth-order valence-electron chi connectivity index (χ4n) is 4.33.